The van der Waals surface area contributed by atoms with Gasteiger partial charge < -0.3 is 10.2 Å². The van der Waals surface area contributed by atoms with Gasteiger partial charge in [0.25, 0.3) is 0 Å². The van der Waals surface area contributed by atoms with Crippen LogP contribution in [-0.2, 0) is 4.79 Å². The SMILES string of the molecule is NC(=O)/C=C\c1ccc(-c2cccc(I)c2)o1. The van der Waals surface area contributed by atoms with Crippen LogP contribution in [0.5, 0.6) is 0 Å². The zero-order valence-corrected chi connectivity index (χ0v) is 11.0. The zero-order chi connectivity index (χ0) is 12.3. The van der Waals surface area contributed by atoms with Gasteiger partial charge in [-0.2, -0.15) is 0 Å². The number of halogens is 1. The Kier molecular flexibility index (Phi) is 3.63. The quantitative estimate of drug-likeness (QED) is 0.690. The van der Waals surface area contributed by atoms with Gasteiger partial charge in [-0.1, -0.05) is 12.1 Å². The van der Waals surface area contributed by atoms with Crippen LogP contribution in [-0.4, -0.2) is 5.91 Å². The summed E-state index contributed by atoms with van der Waals surface area (Å²) in [4.78, 5) is 10.6. The van der Waals surface area contributed by atoms with E-state index in [1.165, 1.54) is 6.08 Å². The first-order valence-electron chi connectivity index (χ1n) is 4.98. The van der Waals surface area contributed by atoms with E-state index in [0.29, 0.717) is 5.76 Å². The number of nitrogens with two attached hydrogens (primary N) is 1. The Morgan fingerprint density at radius 2 is 2.12 bits per heavy atom. The van der Waals surface area contributed by atoms with Gasteiger partial charge >= 0.3 is 0 Å². The fourth-order valence-electron chi connectivity index (χ4n) is 1.40. The highest BCUT2D eigenvalue weighted by molar-refractivity contribution is 14.1. The Morgan fingerprint density at radius 1 is 1.29 bits per heavy atom. The molecule has 1 aromatic heterocycles. The number of hydrogen-bond acceptors (Lipinski definition) is 2. The molecule has 0 radical (unpaired) electrons. The van der Waals surface area contributed by atoms with Crippen LogP contribution in [0.15, 0.2) is 46.9 Å². The molecule has 1 aromatic carbocycles. The van der Waals surface area contributed by atoms with Gasteiger partial charge in [0, 0.05) is 15.2 Å². The molecule has 86 valence electrons. The summed E-state index contributed by atoms with van der Waals surface area (Å²) in [6.07, 6.45) is 2.83. The largest absolute Gasteiger partial charge is 0.457 e. The average Bonchev–Trinajstić information content (AvgIpc) is 2.75. The van der Waals surface area contributed by atoms with Gasteiger partial charge in [-0.3, -0.25) is 4.79 Å². The molecule has 0 atom stereocenters. The van der Waals surface area contributed by atoms with Gasteiger partial charge in [0.2, 0.25) is 5.91 Å². The molecular formula is C13H10INO2. The highest BCUT2D eigenvalue weighted by Gasteiger charge is 2.03. The van der Waals surface area contributed by atoms with Crippen molar-refractivity contribution in [3.8, 4) is 11.3 Å². The minimum absolute atomic E-state index is 0.489. The van der Waals surface area contributed by atoms with Crippen molar-refractivity contribution in [2.45, 2.75) is 0 Å². The number of carbonyl (C=O) groups excluding carboxylic acids is 1. The summed E-state index contributed by atoms with van der Waals surface area (Å²) in [5, 5.41) is 0. The van der Waals surface area contributed by atoms with E-state index in [2.05, 4.69) is 22.6 Å². The van der Waals surface area contributed by atoms with E-state index in [4.69, 9.17) is 10.2 Å². The molecule has 2 aromatic rings. The van der Waals surface area contributed by atoms with Crippen LogP contribution in [0, 0.1) is 3.57 Å². The number of primary amides is 1. The summed E-state index contributed by atoms with van der Waals surface area (Å²) < 4.78 is 6.72. The number of hydrogen-bond donors (Lipinski definition) is 1. The molecule has 1 heterocycles. The molecule has 4 heteroatoms. The molecule has 1 amide bonds. The van der Waals surface area contributed by atoms with Crippen LogP contribution in [0.1, 0.15) is 5.76 Å². The number of amides is 1. The van der Waals surface area contributed by atoms with Crippen molar-refractivity contribution < 1.29 is 9.21 Å². The van der Waals surface area contributed by atoms with Gasteiger partial charge in [-0.25, -0.2) is 0 Å². The molecule has 0 unspecified atom stereocenters. The summed E-state index contributed by atoms with van der Waals surface area (Å²) in [5.41, 5.74) is 6.02. The molecule has 0 saturated heterocycles. The molecule has 17 heavy (non-hydrogen) atoms. The van der Waals surface area contributed by atoms with Crippen LogP contribution in [0.4, 0.5) is 0 Å². The molecule has 0 spiro atoms. The van der Waals surface area contributed by atoms with Crippen LogP contribution >= 0.6 is 22.6 Å². The third-order valence-corrected chi connectivity index (χ3v) is 2.82. The molecule has 2 rings (SSSR count). The summed E-state index contributed by atoms with van der Waals surface area (Å²) in [6, 6.07) is 11.7. The van der Waals surface area contributed by atoms with Crippen LogP contribution in [0.3, 0.4) is 0 Å². The number of carbonyl (C=O) groups is 1. The predicted octanol–water partition coefficient (Wildman–Crippen LogP) is 3.05. The van der Waals surface area contributed by atoms with E-state index >= 15 is 0 Å². The van der Waals surface area contributed by atoms with Crippen molar-refractivity contribution in [3.63, 3.8) is 0 Å². The van der Waals surface area contributed by atoms with E-state index in [1.54, 1.807) is 12.1 Å². The van der Waals surface area contributed by atoms with Gasteiger partial charge in [0.1, 0.15) is 11.5 Å². The first-order chi connectivity index (χ1) is 8.15. The van der Waals surface area contributed by atoms with E-state index in [1.807, 2.05) is 30.3 Å². The second-order valence-electron chi connectivity index (χ2n) is 3.45. The minimum atomic E-state index is -0.489. The minimum Gasteiger partial charge on any atom is -0.457 e. The fraction of sp³-hybridized carbons (Fsp3) is 0. The van der Waals surface area contributed by atoms with E-state index in [0.717, 1.165) is 14.9 Å². The molecule has 0 fully saturated rings. The monoisotopic (exact) mass is 339 g/mol. The second kappa shape index (κ2) is 5.18. The van der Waals surface area contributed by atoms with Gasteiger partial charge in [-0.05, 0) is 52.9 Å². The Bertz CT molecular complexity index is 572. The molecule has 0 aliphatic heterocycles. The smallest absolute Gasteiger partial charge is 0.241 e. The number of rotatable bonds is 3. The highest BCUT2D eigenvalue weighted by atomic mass is 127. The van der Waals surface area contributed by atoms with Crippen LogP contribution < -0.4 is 5.73 Å². The van der Waals surface area contributed by atoms with Crippen molar-refractivity contribution in [1.29, 1.82) is 0 Å². The molecule has 0 bridgehead atoms. The van der Waals surface area contributed by atoms with Crippen LogP contribution in [0.2, 0.25) is 0 Å². The van der Waals surface area contributed by atoms with Crippen molar-refractivity contribution in [3.05, 3.63) is 51.8 Å². The van der Waals surface area contributed by atoms with Crippen molar-refractivity contribution in [1.82, 2.24) is 0 Å². The third-order valence-electron chi connectivity index (χ3n) is 2.15. The highest BCUT2D eigenvalue weighted by Crippen LogP contribution is 2.24. The first-order valence-corrected chi connectivity index (χ1v) is 6.06. The zero-order valence-electron chi connectivity index (χ0n) is 8.89. The van der Waals surface area contributed by atoms with Crippen molar-refractivity contribution >= 4 is 34.6 Å². The molecular weight excluding hydrogens is 329 g/mol. The van der Waals surface area contributed by atoms with E-state index in [-0.39, 0.29) is 0 Å². The molecule has 0 aliphatic rings. The van der Waals surface area contributed by atoms with Crippen LogP contribution in [0.25, 0.3) is 17.4 Å². The summed E-state index contributed by atoms with van der Waals surface area (Å²) in [6.45, 7) is 0. The lowest BCUT2D eigenvalue weighted by Gasteiger charge is -1.96. The Labute approximate surface area is 112 Å². The van der Waals surface area contributed by atoms with E-state index < -0.39 is 5.91 Å². The Balaban J connectivity index is 2.27. The summed E-state index contributed by atoms with van der Waals surface area (Å²) >= 11 is 2.25. The summed E-state index contributed by atoms with van der Waals surface area (Å²) in [7, 11) is 0. The van der Waals surface area contributed by atoms with Gasteiger partial charge in [-0.15, -0.1) is 0 Å². The van der Waals surface area contributed by atoms with Gasteiger partial charge in [0.15, 0.2) is 0 Å². The van der Waals surface area contributed by atoms with E-state index in [9.17, 15) is 4.79 Å². The van der Waals surface area contributed by atoms with Crippen molar-refractivity contribution in [2.24, 2.45) is 5.73 Å². The third kappa shape index (κ3) is 3.20. The Hall–Kier alpha value is -1.56. The maximum atomic E-state index is 10.6. The average molecular weight is 339 g/mol. The predicted molar refractivity (Wildman–Crippen MR) is 75.1 cm³/mol. The van der Waals surface area contributed by atoms with Gasteiger partial charge in [0.05, 0.1) is 0 Å². The standard InChI is InChI=1S/C13H10INO2/c14-10-3-1-2-9(8-10)12-6-4-11(17-12)5-7-13(15)16/h1-8H,(H2,15,16)/b7-5-. The van der Waals surface area contributed by atoms with Crippen molar-refractivity contribution in [2.75, 3.05) is 0 Å². The normalized spacial score (nSPS) is 10.9. The lowest BCUT2D eigenvalue weighted by molar-refractivity contribution is -0.113. The maximum absolute atomic E-state index is 10.6. The molecule has 0 saturated carbocycles. The number of benzene rings is 1. The molecule has 0 aliphatic carbocycles. The lowest BCUT2D eigenvalue weighted by atomic mass is 10.2. The lowest BCUT2D eigenvalue weighted by Crippen LogP contribution is -2.04. The maximum Gasteiger partial charge on any atom is 0.241 e. The fourth-order valence-corrected chi connectivity index (χ4v) is 1.95. The molecule has 2 N–H and O–H groups in total. The second-order valence-corrected chi connectivity index (χ2v) is 4.69. The number of furan rings is 1. The first kappa shape index (κ1) is 11.9. The summed E-state index contributed by atoms with van der Waals surface area (Å²) in [5.74, 6) is 0.891. The molecule has 3 nitrogen and oxygen atoms in total. The topological polar surface area (TPSA) is 56.2 Å². The Morgan fingerprint density at radius 3 is 2.82 bits per heavy atom.